The standard InChI is InChI=1S/C10H9FN2O2/c11-7-2-1-3-8(4-7)13-9(14)5-12-6-10(13)15/h1-4,12H,5-6H2. The van der Waals surface area contributed by atoms with Gasteiger partial charge in [-0.15, -0.1) is 0 Å². The molecular formula is C10H9FN2O2. The monoisotopic (exact) mass is 208 g/mol. The van der Waals surface area contributed by atoms with Gasteiger partial charge in [0.25, 0.3) is 0 Å². The van der Waals surface area contributed by atoms with E-state index < -0.39 is 5.82 Å². The van der Waals surface area contributed by atoms with Gasteiger partial charge in [-0.25, -0.2) is 9.29 Å². The van der Waals surface area contributed by atoms with Gasteiger partial charge < -0.3 is 0 Å². The van der Waals surface area contributed by atoms with Crippen LogP contribution in [0, 0.1) is 5.82 Å². The lowest BCUT2D eigenvalue weighted by atomic mass is 10.2. The molecule has 78 valence electrons. The number of hydrogen-bond donors (Lipinski definition) is 1. The first-order valence-electron chi connectivity index (χ1n) is 4.50. The summed E-state index contributed by atoms with van der Waals surface area (Å²) >= 11 is 0. The SMILES string of the molecule is O=C1CNCC(=O)N1c1cccc(F)c1. The van der Waals surface area contributed by atoms with Gasteiger partial charge in [0.2, 0.25) is 11.8 Å². The number of nitrogens with zero attached hydrogens (tertiary/aromatic N) is 1. The molecule has 5 heteroatoms. The van der Waals surface area contributed by atoms with E-state index in [0.29, 0.717) is 0 Å². The van der Waals surface area contributed by atoms with Crippen LogP contribution in [0.25, 0.3) is 0 Å². The minimum atomic E-state index is -0.466. The maximum absolute atomic E-state index is 12.9. The molecule has 0 aromatic heterocycles. The van der Waals surface area contributed by atoms with Crippen LogP contribution in [0.2, 0.25) is 0 Å². The number of hydrogen-bond acceptors (Lipinski definition) is 3. The summed E-state index contributed by atoms with van der Waals surface area (Å²) in [6.45, 7) is 0.199. The summed E-state index contributed by atoms with van der Waals surface area (Å²) in [5.74, 6) is -1.19. The van der Waals surface area contributed by atoms with Crippen molar-refractivity contribution in [1.82, 2.24) is 5.32 Å². The van der Waals surface area contributed by atoms with E-state index >= 15 is 0 Å². The van der Waals surface area contributed by atoms with Crippen molar-refractivity contribution >= 4 is 17.5 Å². The Bertz CT molecular complexity index is 404. The largest absolute Gasteiger partial charge is 0.300 e. The van der Waals surface area contributed by atoms with Gasteiger partial charge in [0.15, 0.2) is 0 Å². The molecule has 4 nitrogen and oxygen atoms in total. The first kappa shape index (κ1) is 9.79. The lowest BCUT2D eigenvalue weighted by molar-refractivity contribution is -0.127. The van der Waals surface area contributed by atoms with Gasteiger partial charge in [0, 0.05) is 0 Å². The summed E-state index contributed by atoms with van der Waals surface area (Å²) in [4.78, 5) is 23.9. The number of carbonyl (C=O) groups excluding carboxylic acids is 2. The zero-order valence-corrected chi connectivity index (χ0v) is 7.87. The summed E-state index contributed by atoms with van der Waals surface area (Å²) < 4.78 is 12.9. The molecule has 0 atom stereocenters. The van der Waals surface area contributed by atoms with E-state index in [4.69, 9.17) is 0 Å². The van der Waals surface area contributed by atoms with Crippen LogP contribution in [0.5, 0.6) is 0 Å². The van der Waals surface area contributed by atoms with E-state index in [9.17, 15) is 14.0 Å². The van der Waals surface area contributed by atoms with E-state index in [-0.39, 0.29) is 30.6 Å². The fraction of sp³-hybridized carbons (Fsp3) is 0.200. The summed E-state index contributed by atoms with van der Waals surface area (Å²) in [5.41, 5.74) is 0.284. The van der Waals surface area contributed by atoms with Crippen LogP contribution >= 0.6 is 0 Å². The minimum Gasteiger partial charge on any atom is -0.300 e. The molecule has 0 aliphatic carbocycles. The highest BCUT2D eigenvalue weighted by Crippen LogP contribution is 2.16. The number of imide groups is 1. The third-order valence-electron chi connectivity index (χ3n) is 2.12. The number of carbonyl (C=O) groups is 2. The topological polar surface area (TPSA) is 49.4 Å². The second kappa shape index (κ2) is 3.78. The Labute approximate surface area is 85.7 Å². The number of nitrogens with one attached hydrogen (secondary N) is 1. The summed E-state index contributed by atoms with van der Waals surface area (Å²) in [5, 5.41) is 2.66. The zero-order chi connectivity index (χ0) is 10.8. The van der Waals surface area contributed by atoms with Gasteiger partial charge in [-0.3, -0.25) is 14.9 Å². The van der Waals surface area contributed by atoms with Crippen LogP contribution in [-0.2, 0) is 9.59 Å². The fourth-order valence-electron chi connectivity index (χ4n) is 1.48. The highest BCUT2D eigenvalue weighted by atomic mass is 19.1. The Morgan fingerprint density at radius 2 is 1.87 bits per heavy atom. The maximum Gasteiger partial charge on any atom is 0.247 e. The molecule has 0 saturated carbocycles. The average Bonchev–Trinajstić information content (AvgIpc) is 2.17. The van der Waals surface area contributed by atoms with Crippen LogP contribution in [-0.4, -0.2) is 24.9 Å². The van der Waals surface area contributed by atoms with Gasteiger partial charge in [-0.2, -0.15) is 0 Å². The van der Waals surface area contributed by atoms with E-state index in [2.05, 4.69) is 5.32 Å². The van der Waals surface area contributed by atoms with Crippen LogP contribution < -0.4 is 10.2 Å². The Hall–Kier alpha value is -1.75. The molecule has 1 fully saturated rings. The number of anilines is 1. The molecule has 2 amide bonds. The van der Waals surface area contributed by atoms with Crippen LogP contribution in [0.1, 0.15) is 0 Å². The highest BCUT2D eigenvalue weighted by molar-refractivity contribution is 6.17. The molecule has 1 aromatic rings. The quantitative estimate of drug-likeness (QED) is 0.675. The maximum atomic E-state index is 12.9. The number of amides is 2. The van der Waals surface area contributed by atoms with Crippen molar-refractivity contribution in [2.24, 2.45) is 0 Å². The molecule has 1 N–H and O–H groups in total. The predicted octanol–water partition coefficient (Wildman–Crippen LogP) is 0.288. The van der Waals surface area contributed by atoms with Crippen LogP contribution in [0.4, 0.5) is 10.1 Å². The fourth-order valence-corrected chi connectivity index (χ4v) is 1.48. The first-order chi connectivity index (χ1) is 7.18. The molecule has 2 rings (SSSR count). The van der Waals surface area contributed by atoms with Crippen molar-refractivity contribution in [3.63, 3.8) is 0 Å². The van der Waals surface area contributed by atoms with Gasteiger partial charge in [0.1, 0.15) is 5.82 Å². The van der Waals surface area contributed by atoms with Crippen molar-refractivity contribution in [2.45, 2.75) is 0 Å². The molecule has 1 aromatic carbocycles. The summed E-state index contributed by atoms with van der Waals surface area (Å²) in [6, 6.07) is 5.43. The Morgan fingerprint density at radius 3 is 2.47 bits per heavy atom. The third-order valence-corrected chi connectivity index (χ3v) is 2.12. The molecule has 0 radical (unpaired) electrons. The first-order valence-corrected chi connectivity index (χ1v) is 4.50. The number of benzene rings is 1. The molecule has 0 spiro atoms. The third kappa shape index (κ3) is 1.87. The lowest BCUT2D eigenvalue weighted by Gasteiger charge is -2.25. The van der Waals surface area contributed by atoms with Gasteiger partial charge in [-0.1, -0.05) is 6.07 Å². The Morgan fingerprint density at radius 1 is 1.20 bits per heavy atom. The van der Waals surface area contributed by atoms with Crippen molar-refractivity contribution in [2.75, 3.05) is 18.0 Å². The average molecular weight is 208 g/mol. The second-order valence-corrected chi connectivity index (χ2v) is 3.21. The smallest absolute Gasteiger partial charge is 0.247 e. The van der Waals surface area contributed by atoms with Crippen molar-refractivity contribution in [3.05, 3.63) is 30.1 Å². The summed E-state index contributed by atoms with van der Waals surface area (Å²) in [7, 11) is 0. The van der Waals surface area contributed by atoms with Gasteiger partial charge in [0.05, 0.1) is 18.8 Å². The number of piperazine rings is 1. The number of rotatable bonds is 1. The zero-order valence-electron chi connectivity index (χ0n) is 7.87. The van der Waals surface area contributed by atoms with Crippen molar-refractivity contribution in [3.8, 4) is 0 Å². The molecule has 1 saturated heterocycles. The van der Waals surface area contributed by atoms with E-state index in [0.717, 1.165) is 4.90 Å². The van der Waals surface area contributed by atoms with E-state index in [1.54, 1.807) is 0 Å². The van der Waals surface area contributed by atoms with Gasteiger partial charge >= 0.3 is 0 Å². The van der Waals surface area contributed by atoms with Crippen LogP contribution in [0.15, 0.2) is 24.3 Å². The van der Waals surface area contributed by atoms with E-state index in [1.165, 1.54) is 24.3 Å². The molecule has 1 aliphatic rings. The van der Waals surface area contributed by atoms with Crippen molar-refractivity contribution in [1.29, 1.82) is 0 Å². The molecule has 0 bridgehead atoms. The Kier molecular flexibility index (Phi) is 2.47. The Balaban J connectivity index is 2.35. The summed E-state index contributed by atoms with van der Waals surface area (Å²) in [6.07, 6.45) is 0. The normalized spacial score (nSPS) is 17.0. The van der Waals surface area contributed by atoms with Crippen molar-refractivity contribution < 1.29 is 14.0 Å². The minimum absolute atomic E-state index is 0.0995. The predicted molar refractivity (Wildman–Crippen MR) is 51.8 cm³/mol. The highest BCUT2D eigenvalue weighted by Gasteiger charge is 2.27. The molecule has 15 heavy (non-hydrogen) atoms. The van der Waals surface area contributed by atoms with Crippen LogP contribution in [0.3, 0.4) is 0 Å². The van der Waals surface area contributed by atoms with E-state index in [1.807, 2.05) is 0 Å². The molecule has 1 aliphatic heterocycles. The molecular weight excluding hydrogens is 199 g/mol. The number of halogens is 1. The molecule has 0 unspecified atom stereocenters. The second-order valence-electron chi connectivity index (χ2n) is 3.21. The lowest BCUT2D eigenvalue weighted by Crippen LogP contribution is -2.52. The van der Waals surface area contributed by atoms with Gasteiger partial charge in [-0.05, 0) is 18.2 Å². The molecule has 1 heterocycles.